The summed E-state index contributed by atoms with van der Waals surface area (Å²) in [5, 5.41) is 11.1. The lowest BCUT2D eigenvalue weighted by Gasteiger charge is -2.43. The maximum absolute atomic E-state index is 13.3. The molecule has 1 saturated carbocycles. The third-order valence-corrected chi connectivity index (χ3v) is 11.7. The molecular weight excluding hydrogens is 548 g/mol. The average molecular weight is 585 g/mol. The minimum atomic E-state index is -3.87. The van der Waals surface area contributed by atoms with Crippen LogP contribution in [0.4, 0.5) is 5.69 Å². The number of hydrogen-bond donors (Lipinski definition) is 2. The molecule has 5 atom stereocenters. The maximum Gasteiger partial charge on any atom is 0.264 e. The first-order valence-corrected chi connectivity index (χ1v) is 16.3. The highest BCUT2D eigenvalue weighted by Crippen LogP contribution is 2.47. The number of carbonyl (C=O) groups excluding carboxylic acids is 1. The van der Waals surface area contributed by atoms with Gasteiger partial charge < -0.3 is 14.7 Å². The minimum absolute atomic E-state index is 0.139. The van der Waals surface area contributed by atoms with Crippen LogP contribution in [0.3, 0.4) is 0 Å². The molecule has 2 aliphatic carbocycles. The quantitative estimate of drug-likeness (QED) is 0.458. The second-order valence-corrected chi connectivity index (χ2v) is 14.3. The van der Waals surface area contributed by atoms with Gasteiger partial charge in [0.2, 0.25) is 10.0 Å². The molecule has 2 aromatic carbocycles. The molecule has 2 heterocycles. The fourth-order valence-corrected chi connectivity index (χ4v) is 8.70. The van der Waals surface area contributed by atoms with Gasteiger partial charge in [-0.2, -0.15) is 0 Å². The van der Waals surface area contributed by atoms with E-state index in [1.54, 1.807) is 18.2 Å². The van der Waals surface area contributed by atoms with Gasteiger partial charge >= 0.3 is 0 Å². The first kappa shape index (κ1) is 27.6. The summed E-state index contributed by atoms with van der Waals surface area (Å²) in [5.74, 6) is 0.491. The van der Waals surface area contributed by atoms with Crippen LogP contribution in [0.15, 0.2) is 48.6 Å². The van der Waals surface area contributed by atoms with Crippen LogP contribution in [0, 0.1) is 11.8 Å². The van der Waals surface area contributed by atoms with Crippen LogP contribution < -0.4 is 14.4 Å². The molecule has 4 aliphatic rings. The fourth-order valence-electron chi connectivity index (χ4n) is 7.08. The Hall–Kier alpha value is -2.55. The van der Waals surface area contributed by atoms with Crippen LogP contribution in [0.1, 0.15) is 66.9 Å². The minimum Gasteiger partial charge on any atom is -0.490 e. The Balaban J connectivity index is 1.41. The van der Waals surface area contributed by atoms with Crippen LogP contribution in [0.2, 0.25) is 5.02 Å². The van der Waals surface area contributed by atoms with E-state index in [1.807, 2.05) is 25.1 Å². The Labute approximate surface area is 241 Å². The highest BCUT2D eigenvalue weighted by Gasteiger charge is 2.45. The Kier molecular flexibility index (Phi) is 7.38. The van der Waals surface area contributed by atoms with Crippen molar-refractivity contribution >= 4 is 33.2 Å². The molecule has 0 aromatic heterocycles. The van der Waals surface area contributed by atoms with Gasteiger partial charge in [-0.15, -0.1) is 0 Å². The van der Waals surface area contributed by atoms with E-state index in [2.05, 4.69) is 21.8 Å². The molecule has 2 N–H and O–H groups in total. The SMILES string of the molecule is CC[C@@H]1CC/C=C/[C@H](O)[C@@H]2CC[C@H]2CN2C[C@@]3(CCc4cc(Cl)ccc43)COc3ccc(cc32)C(=O)NS1(=O)=O. The van der Waals surface area contributed by atoms with Crippen molar-refractivity contribution in [3.63, 3.8) is 0 Å². The summed E-state index contributed by atoms with van der Waals surface area (Å²) in [6, 6.07) is 11.3. The molecule has 7 nitrogen and oxygen atoms in total. The number of rotatable bonds is 1. The molecule has 214 valence electrons. The lowest BCUT2D eigenvalue weighted by atomic mass is 9.70. The van der Waals surface area contributed by atoms with Gasteiger partial charge in [0.1, 0.15) is 5.75 Å². The molecule has 2 aromatic rings. The van der Waals surface area contributed by atoms with E-state index in [0.717, 1.165) is 42.9 Å². The number of sulfonamides is 1. The van der Waals surface area contributed by atoms with Crippen molar-refractivity contribution in [1.82, 2.24) is 4.72 Å². The molecule has 0 saturated heterocycles. The van der Waals surface area contributed by atoms with Gasteiger partial charge in [-0.3, -0.25) is 4.79 Å². The van der Waals surface area contributed by atoms with E-state index in [-0.39, 0.29) is 16.9 Å². The number of nitrogens with one attached hydrogen (secondary N) is 1. The first-order valence-electron chi connectivity index (χ1n) is 14.4. The summed E-state index contributed by atoms with van der Waals surface area (Å²) >= 11 is 6.33. The fraction of sp³-hybridized carbons (Fsp3) is 0.516. The molecule has 2 aliphatic heterocycles. The van der Waals surface area contributed by atoms with Gasteiger partial charge in [-0.05, 0) is 98.2 Å². The summed E-state index contributed by atoms with van der Waals surface area (Å²) in [7, 11) is -3.87. The van der Waals surface area contributed by atoms with E-state index in [9.17, 15) is 18.3 Å². The van der Waals surface area contributed by atoms with Crippen molar-refractivity contribution < 1.29 is 23.1 Å². The average Bonchev–Trinajstić information content (AvgIpc) is 3.16. The van der Waals surface area contributed by atoms with Crippen LogP contribution in [0.5, 0.6) is 5.75 Å². The second kappa shape index (κ2) is 10.7. The van der Waals surface area contributed by atoms with Gasteiger partial charge in [0.15, 0.2) is 0 Å². The standard InChI is InChI=1S/C31H37ClN2O5S/c1-2-24-5-3-4-6-28(35)25-10-7-22(25)17-34-18-31(14-13-20-15-23(32)9-11-26(20)31)19-39-29-12-8-21(16-27(29)34)30(36)33-40(24,37)38/h4,6,8-9,11-12,15-16,22,24-25,28,35H,2-3,5,7,10,13-14,17-19H2,1H3,(H,33,36)/b6-4+/t22-,24+,25+,28-,31-/m0/s1. The van der Waals surface area contributed by atoms with Crippen LogP contribution in [0.25, 0.3) is 0 Å². The highest BCUT2D eigenvalue weighted by molar-refractivity contribution is 7.90. The summed E-state index contributed by atoms with van der Waals surface area (Å²) in [6.07, 6.45) is 8.28. The maximum atomic E-state index is 13.3. The van der Waals surface area contributed by atoms with Gasteiger partial charge in [-0.1, -0.05) is 36.7 Å². The number of benzene rings is 2. The first-order chi connectivity index (χ1) is 19.2. The van der Waals surface area contributed by atoms with Gasteiger partial charge in [-0.25, -0.2) is 13.1 Å². The molecule has 0 radical (unpaired) electrons. The van der Waals surface area contributed by atoms with Gasteiger partial charge in [0, 0.05) is 29.1 Å². The Morgan fingerprint density at radius 3 is 2.80 bits per heavy atom. The molecular formula is C31H37ClN2O5S. The topological polar surface area (TPSA) is 95.9 Å². The van der Waals surface area contributed by atoms with Crippen molar-refractivity contribution in [2.45, 2.75) is 68.6 Å². The number of fused-ring (bicyclic) bond motifs is 4. The van der Waals surface area contributed by atoms with E-state index in [0.29, 0.717) is 44.1 Å². The van der Waals surface area contributed by atoms with Crippen molar-refractivity contribution in [2.75, 3.05) is 24.6 Å². The second-order valence-electron chi connectivity index (χ2n) is 11.9. The summed E-state index contributed by atoms with van der Waals surface area (Å²) < 4.78 is 35.0. The van der Waals surface area contributed by atoms with E-state index in [1.165, 1.54) is 11.1 Å². The predicted molar refractivity (Wildman–Crippen MR) is 157 cm³/mol. The van der Waals surface area contributed by atoms with E-state index < -0.39 is 27.3 Å². The molecule has 0 unspecified atom stereocenters. The number of aryl methyl sites for hydroxylation is 1. The third-order valence-electron chi connectivity index (χ3n) is 9.56. The molecule has 1 fully saturated rings. The molecule has 1 amide bonds. The highest BCUT2D eigenvalue weighted by atomic mass is 35.5. The zero-order chi connectivity index (χ0) is 28.1. The Morgan fingerprint density at radius 2 is 2.02 bits per heavy atom. The summed E-state index contributed by atoms with van der Waals surface area (Å²) in [6.45, 7) is 3.73. The lowest BCUT2D eigenvalue weighted by Crippen LogP contribution is -2.47. The summed E-state index contributed by atoms with van der Waals surface area (Å²) in [5.41, 5.74) is 3.34. The Bertz CT molecular complexity index is 1440. The van der Waals surface area contributed by atoms with Crippen LogP contribution in [-0.4, -0.2) is 50.5 Å². The monoisotopic (exact) mass is 584 g/mol. The zero-order valence-corrected chi connectivity index (χ0v) is 24.4. The number of aliphatic hydroxyl groups excluding tert-OH is 1. The van der Waals surface area contributed by atoms with Crippen molar-refractivity contribution in [1.29, 1.82) is 0 Å². The summed E-state index contributed by atoms with van der Waals surface area (Å²) in [4.78, 5) is 15.6. The molecule has 1 spiro atoms. The molecule has 40 heavy (non-hydrogen) atoms. The van der Waals surface area contributed by atoms with E-state index >= 15 is 0 Å². The molecule has 2 bridgehead atoms. The van der Waals surface area contributed by atoms with Gasteiger partial charge in [0.25, 0.3) is 5.91 Å². The van der Waals surface area contributed by atoms with Crippen LogP contribution >= 0.6 is 11.6 Å². The predicted octanol–water partition coefficient (Wildman–Crippen LogP) is 5.00. The van der Waals surface area contributed by atoms with Gasteiger partial charge in [0.05, 0.1) is 23.6 Å². The van der Waals surface area contributed by atoms with Crippen molar-refractivity contribution in [2.24, 2.45) is 11.8 Å². The number of hydrogen-bond acceptors (Lipinski definition) is 6. The van der Waals surface area contributed by atoms with Crippen molar-refractivity contribution in [3.05, 3.63) is 70.3 Å². The van der Waals surface area contributed by atoms with Crippen LogP contribution in [-0.2, 0) is 21.9 Å². The normalized spacial score (nSPS) is 32.2. The number of amides is 1. The van der Waals surface area contributed by atoms with Crippen molar-refractivity contribution in [3.8, 4) is 5.75 Å². The largest absolute Gasteiger partial charge is 0.490 e. The molecule has 9 heteroatoms. The van der Waals surface area contributed by atoms with E-state index in [4.69, 9.17) is 16.3 Å². The number of halogens is 1. The number of nitrogens with zero attached hydrogens (tertiary/aromatic N) is 1. The number of allylic oxidation sites excluding steroid dienone is 1. The number of aliphatic hydroxyl groups is 1. The lowest BCUT2D eigenvalue weighted by molar-refractivity contribution is 0.0457. The smallest absolute Gasteiger partial charge is 0.264 e. The molecule has 6 rings (SSSR count). The zero-order valence-electron chi connectivity index (χ0n) is 22.8. The number of anilines is 1. The Morgan fingerprint density at radius 1 is 1.18 bits per heavy atom. The third kappa shape index (κ3) is 5.03. The number of ether oxygens (including phenoxy) is 1. The number of carbonyl (C=O) groups is 1.